The van der Waals surface area contributed by atoms with E-state index in [1.165, 1.54) is 16.3 Å². The van der Waals surface area contributed by atoms with Gasteiger partial charge in [-0.1, -0.05) is 43.8 Å². The third-order valence-electron chi connectivity index (χ3n) is 4.10. The lowest BCUT2D eigenvalue weighted by Gasteiger charge is -2.15. The predicted octanol–water partition coefficient (Wildman–Crippen LogP) is 1.61. The summed E-state index contributed by atoms with van der Waals surface area (Å²) in [6.45, 7) is 4.38. The zero-order valence-corrected chi connectivity index (χ0v) is 16.9. The van der Waals surface area contributed by atoms with E-state index in [9.17, 15) is 14.7 Å². The summed E-state index contributed by atoms with van der Waals surface area (Å²) in [7, 11) is 1.56. The fourth-order valence-corrected chi connectivity index (χ4v) is 3.66. The number of fused-ring (bicyclic) bond motifs is 1. The summed E-state index contributed by atoms with van der Waals surface area (Å²) in [6, 6.07) is 9.21. The van der Waals surface area contributed by atoms with Crippen LogP contribution in [0.1, 0.15) is 13.8 Å². The first kappa shape index (κ1) is 20.2. The van der Waals surface area contributed by atoms with Gasteiger partial charge in [0.05, 0.1) is 6.54 Å². The summed E-state index contributed by atoms with van der Waals surface area (Å²) < 4.78 is 8.58. The molecule has 0 bridgehead atoms. The van der Waals surface area contributed by atoms with Crippen molar-refractivity contribution in [2.75, 3.05) is 12.4 Å². The Balaban J connectivity index is 1.90. The van der Waals surface area contributed by atoms with Gasteiger partial charge in [-0.3, -0.25) is 14.3 Å². The van der Waals surface area contributed by atoms with Crippen molar-refractivity contribution in [1.82, 2.24) is 19.1 Å². The third kappa shape index (κ3) is 4.48. The quantitative estimate of drug-likeness (QED) is 0.553. The van der Waals surface area contributed by atoms with Crippen molar-refractivity contribution in [1.29, 1.82) is 0 Å². The topological polar surface area (TPSA) is 102 Å². The maximum Gasteiger partial charge on any atom is 0.329 e. The number of imidazole rings is 1. The summed E-state index contributed by atoms with van der Waals surface area (Å²) in [4.78, 5) is 31.1. The molecule has 0 aliphatic heterocycles. The zero-order valence-electron chi connectivity index (χ0n) is 16.1. The lowest BCUT2D eigenvalue weighted by atomic mass is 10.3. The molecule has 2 N–H and O–H groups in total. The van der Waals surface area contributed by atoms with Crippen LogP contribution in [0.15, 0.2) is 45.1 Å². The number of hydrogen-bond acceptors (Lipinski definition) is 6. The molecule has 0 aliphatic rings. The Bertz CT molecular complexity index is 1060. The number of aliphatic hydroxyl groups excluding tert-OH is 1. The summed E-state index contributed by atoms with van der Waals surface area (Å²) in [5.74, 6) is 1.88. The van der Waals surface area contributed by atoms with Crippen molar-refractivity contribution in [2.24, 2.45) is 13.0 Å². The van der Waals surface area contributed by atoms with Gasteiger partial charge in [0.2, 0.25) is 0 Å². The number of nitrogens with zero attached hydrogens (tertiary/aromatic N) is 3. The van der Waals surface area contributed by atoms with Gasteiger partial charge in [0.25, 0.3) is 5.56 Å². The van der Waals surface area contributed by atoms with Crippen molar-refractivity contribution in [3.05, 3.63) is 51.2 Å². The molecule has 0 amide bonds. The predicted molar refractivity (Wildman–Crippen MR) is 109 cm³/mol. The molecule has 2 aromatic heterocycles. The highest BCUT2D eigenvalue weighted by molar-refractivity contribution is 7.99. The summed E-state index contributed by atoms with van der Waals surface area (Å²) in [6.07, 6.45) is -0.854. The molecule has 0 saturated carbocycles. The molecule has 0 unspecified atom stereocenters. The van der Waals surface area contributed by atoms with Crippen molar-refractivity contribution in [3.63, 3.8) is 0 Å². The number of nitrogens with one attached hydrogen (secondary N) is 1. The number of aliphatic hydroxyl groups is 1. The Morgan fingerprint density at radius 1 is 1.25 bits per heavy atom. The Labute approximate surface area is 166 Å². The van der Waals surface area contributed by atoms with Crippen LogP contribution in [0.5, 0.6) is 5.75 Å². The van der Waals surface area contributed by atoms with E-state index < -0.39 is 17.4 Å². The first-order chi connectivity index (χ1) is 13.4. The molecule has 0 fully saturated rings. The van der Waals surface area contributed by atoms with Gasteiger partial charge in [-0.2, -0.15) is 0 Å². The van der Waals surface area contributed by atoms with E-state index in [1.807, 2.05) is 30.3 Å². The molecule has 3 aromatic rings. The van der Waals surface area contributed by atoms with Crippen LogP contribution in [-0.4, -0.2) is 42.7 Å². The number of aromatic amines is 1. The smallest absolute Gasteiger partial charge is 0.329 e. The minimum Gasteiger partial charge on any atom is -0.491 e. The SMILES string of the molecule is CC(C)CSc1nc2c(c(=O)[nH]c(=O)n2C)n1C[C@H](O)COc1ccccc1. The van der Waals surface area contributed by atoms with Gasteiger partial charge < -0.3 is 14.4 Å². The summed E-state index contributed by atoms with van der Waals surface area (Å²) >= 11 is 1.49. The molecule has 9 heteroatoms. The number of H-pyrrole nitrogens is 1. The fourth-order valence-electron chi connectivity index (χ4n) is 2.71. The molecular formula is C19H24N4O4S. The highest BCUT2D eigenvalue weighted by Gasteiger charge is 2.20. The Kier molecular flexibility index (Phi) is 6.25. The zero-order chi connectivity index (χ0) is 20.3. The standard InChI is InChI=1S/C19H24N4O4S/c1-12(2)11-28-19-20-16-15(17(25)21-18(26)22(16)3)23(19)9-13(24)10-27-14-7-5-4-6-8-14/h4-8,12-13,24H,9-11H2,1-3H3,(H,21,25,26)/t13-/m0/s1. The largest absolute Gasteiger partial charge is 0.491 e. The molecule has 0 saturated heterocycles. The van der Waals surface area contributed by atoms with Crippen LogP contribution in [0.4, 0.5) is 0 Å². The average Bonchev–Trinajstić information content (AvgIpc) is 3.02. The number of rotatable bonds is 8. The monoisotopic (exact) mass is 404 g/mol. The van der Waals surface area contributed by atoms with E-state index in [0.717, 1.165) is 5.75 Å². The van der Waals surface area contributed by atoms with Gasteiger partial charge >= 0.3 is 5.69 Å². The number of hydrogen-bond donors (Lipinski definition) is 2. The van der Waals surface area contributed by atoms with Gasteiger partial charge in [-0.25, -0.2) is 9.78 Å². The molecule has 1 atom stereocenters. The lowest BCUT2D eigenvalue weighted by Crippen LogP contribution is -2.30. The maximum absolute atomic E-state index is 12.4. The van der Waals surface area contributed by atoms with E-state index in [-0.39, 0.29) is 18.7 Å². The number of aromatic nitrogens is 4. The van der Waals surface area contributed by atoms with Crippen molar-refractivity contribution in [3.8, 4) is 5.75 Å². The van der Waals surface area contributed by atoms with Gasteiger partial charge in [0.1, 0.15) is 18.5 Å². The second kappa shape index (κ2) is 8.66. The van der Waals surface area contributed by atoms with E-state index >= 15 is 0 Å². The Morgan fingerprint density at radius 2 is 1.96 bits per heavy atom. The molecule has 2 heterocycles. The number of thioether (sulfide) groups is 1. The third-order valence-corrected chi connectivity index (χ3v) is 5.50. The number of benzene rings is 1. The minimum absolute atomic E-state index is 0.0711. The fraction of sp³-hybridized carbons (Fsp3) is 0.421. The highest BCUT2D eigenvalue weighted by Crippen LogP contribution is 2.24. The van der Waals surface area contributed by atoms with Crippen LogP contribution in [0.3, 0.4) is 0 Å². The molecule has 0 spiro atoms. The van der Waals surface area contributed by atoms with Crippen LogP contribution in [0.25, 0.3) is 11.2 Å². The van der Waals surface area contributed by atoms with E-state index in [1.54, 1.807) is 11.6 Å². The second-order valence-corrected chi connectivity index (χ2v) is 7.97. The van der Waals surface area contributed by atoms with Gasteiger partial charge in [-0.05, 0) is 18.1 Å². The molecule has 8 nitrogen and oxygen atoms in total. The highest BCUT2D eigenvalue weighted by atomic mass is 32.2. The first-order valence-electron chi connectivity index (χ1n) is 9.05. The normalized spacial score (nSPS) is 12.6. The van der Waals surface area contributed by atoms with E-state index in [4.69, 9.17) is 4.74 Å². The molecule has 0 aliphatic carbocycles. The van der Waals surface area contributed by atoms with Crippen LogP contribution in [0, 0.1) is 5.92 Å². The second-order valence-electron chi connectivity index (χ2n) is 6.98. The minimum atomic E-state index is -0.854. The Morgan fingerprint density at radius 3 is 2.64 bits per heavy atom. The van der Waals surface area contributed by atoms with Gasteiger partial charge in [0.15, 0.2) is 16.3 Å². The average molecular weight is 404 g/mol. The lowest BCUT2D eigenvalue weighted by molar-refractivity contribution is 0.0914. The number of aryl methyl sites for hydroxylation is 1. The van der Waals surface area contributed by atoms with Gasteiger partial charge in [-0.15, -0.1) is 0 Å². The summed E-state index contributed by atoms with van der Waals surface area (Å²) in [5.41, 5.74) is -0.461. The molecular weight excluding hydrogens is 380 g/mol. The molecule has 3 rings (SSSR count). The van der Waals surface area contributed by atoms with Crippen LogP contribution in [-0.2, 0) is 13.6 Å². The first-order valence-corrected chi connectivity index (χ1v) is 10.0. The van der Waals surface area contributed by atoms with Gasteiger partial charge in [0, 0.05) is 12.8 Å². The number of ether oxygens (including phenoxy) is 1. The summed E-state index contributed by atoms with van der Waals surface area (Å²) in [5, 5.41) is 11.1. The van der Waals surface area contributed by atoms with E-state index in [2.05, 4.69) is 23.8 Å². The van der Waals surface area contributed by atoms with Crippen LogP contribution in [0.2, 0.25) is 0 Å². The van der Waals surface area contributed by atoms with Crippen LogP contribution < -0.4 is 16.0 Å². The molecule has 1 aromatic carbocycles. The molecule has 0 radical (unpaired) electrons. The van der Waals surface area contributed by atoms with Crippen molar-refractivity contribution < 1.29 is 9.84 Å². The van der Waals surface area contributed by atoms with Crippen LogP contribution >= 0.6 is 11.8 Å². The molecule has 150 valence electrons. The van der Waals surface area contributed by atoms with Crippen molar-refractivity contribution in [2.45, 2.75) is 31.7 Å². The van der Waals surface area contributed by atoms with Crippen molar-refractivity contribution >= 4 is 22.9 Å². The Hall–Kier alpha value is -2.52. The molecule has 28 heavy (non-hydrogen) atoms. The number of para-hydroxylation sites is 1. The maximum atomic E-state index is 12.4. The van der Waals surface area contributed by atoms with E-state index in [0.29, 0.717) is 22.5 Å².